The molecule has 0 aliphatic heterocycles. The van der Waals surface area contributed by atoms with Crippen molar-refractivity contribution >= 4 is 17.9 Å². The van der Waals surface area contributed by atoms with Gasteiger partial charge in [-0.3, -0.25) is 14.4 Å². The number of rotatable bonds is 67. The van der Waals surface area contributed by atoms with E-state index in [2.05, 4.69) is 45.1 Å². The standard InChI is InChI=1S/C73H138O6/c1-4-7-10-13-16-18-20-22-24-26-28-30-31-32-33-34-35-36-37-38-39-40-41-43-44-46-48-50-52-54-57-60-63-66-72(75)78-69-70(68-77-71(74)65-62-59-56-15-12-9-6-3)79-73(76)67-64-61-58-55-53-51-49-47-45-42-29-27-25-23-21-19-17-14-11-8-5-2/h26-29,70H,4-25,30-69H2,1-3H3/b28-26-,29-27-. The first-order valence-electron chi connectivity index (χ1n) is 35.8. The molecule has 0 aliphatic carbocycles. The minimum absolute atomic E-state index is 0.0663. The van der Waals surface area contributed by atoms with Gasteiger partial charge in [-0.2, -0.15) is 0 Å². The topological polar surface area (TPSA) is 78.9 Å². The number of carbonyl (C=O) groups is 3. The lowest BCUT2D eigenvalue weighted by Gasteiger charge is -2.18. The summed E-state index contributed by atoms with van der Waals surface area (Å²) in [6.45, 7) is 6.67. The predicted molar refractivity (Wildman–Crippen MR) is 344 cm³/mol. The lowest BCUT2D eigenvalue weighted by Crippen LogP contribution is -2.30. The first-order chi connectivity index (χ1) is 39.0. The first-order valence-corrected chi connectivity index (χ1v) is 35.8. The zero-order chi connectivity index (χ0) is 57.1. The Bertz CT molecular complexity index is 1270. The van der Waals surface area contributed by atoms with Crippen LogP contribution in [0.15, 0.2) is 24.3 Å². The molecule has 6 nitrogen and oxygen atoms in total. The zero-order valence-corrected chi connectivity index (χ0v) is 53.7. The van der Waals surface area contributed by atoms with Gasteiger partial charge in [0, 0.05) is 19.3 Å². The van der Waals surface area contributed by atoms with Gasteiger partial charge in [-0.15, -0.1) is 0 Å². The number of allylic oxidation sites excluding steroid dienone is 4. The minimum Gasteiger partial charge on any atom is -0.462 e. The van der Waals surface area contributed by atoms with Crippen molar-refractivity contribution in [3.05, 3.63) is 24.3 Å². The number of hydrogen-bond acceptors (Lipinski definition) is 6. The fourth-order valence-electron chi connectivity index (χ4n) is 11.0. The second kappa shape index (κ2) is 68.4. The minimum atomic E-state index is -0.767. The lowest BCUT2D eigenvalue weighted by atomic mass is 10.0. The molecular formula is C73H138O6. The summed E-state index contributed by atoms with van der Waals surface area (Å²) in [4.78, 5) is 38.2. The molecule has 0 aliphatic rings. The van der Waals surface area contributed by atoms with Crippen molar-refractivity contribution in [2.45, 2.75) is 412 Å². The van der Waals surface area contributed by atoms with E-state index in [0.29, 0.717) is 19.3 Å². The summed E-state index contributed by atoms with van der Waals surface area (Å²) in [5.74, 6) is -0.848. The molecule has 0 radical (unpaired) electrons. The summed E-state index contributed by atoms with van der Waals surface area (Å²) in [5.41, 5.74) is 0. The molecule has 6 heteroatoms. The van der Waals surface area contributed by atoms with Crippen LogP contribution < -0.4 is 0 Å². The molecule has 0 rings (SSSR count). The summed E-state index contributed by atoms with van der Waals surface area (Å²) in [5, 5.41) is 0. The van der Waals surface area contributed by atoms with Crippen LogP contribution in [-0.4, -0.2) is 37.2 Å². The molecule has 0 aromatic carbocycles. The summed E-state index contributed by atoms with van der Waals surface area (Å²) in [6.07, 6.45) is 84.0. The molecule has 466 valence electrons. The largest absolute Gasteiger partial charge is 0.462 e. The summed E-state index contributed by atoms with van der Waals surface area (Å²) >= 11 is 0. The van der Waals surface area contributed by atoms with Gasteiger partial charge in [-0.1, -0.05) is 340 Å². The van der Waals surface area contributed by atoms with Gasteiger partial charge in [0.1, 0.15) is 13.2 Å². The average Bonchev–Trinajstić information content (AvgIpc) is 3.45. The highest BCUT2D eigenvalue weighted by molar-refractivity contribution is 5.71. The fourth-order valence-corrected chi connectivity index (χ4v) is 11.0. The van der Waals surface area contributed by atoms with E-state index in [9.17, 15) is 14.4 Å². The first kappa shape index (κ1) is 76.9. The Labute approximate surface area is 493 Å². The molecule has 0 bridgehead atoms. The number of ether oxygens (including phenoxy) is 3. The van der Waals surface area contributed by atoms with Gasteiger partial charge in [-0.25, -0.2) is 0 Å². The van der Waals surface area contributed by atoms with E-state index < -0.39 is 6.10 Å². The smallest absolute Gasteiger partial charge is 0.306 e. The van der Waals surface area contributed by atoms with Crippen LogP contribution in [0.3, 0.4) is 0 Å². The monoisotopic (exact) mass is 1110 g/mol. The molecule has 0 saturated carbocycles. The molecule has 0 aromatic heterocycles. The van der Waals surface area contributed by atoms with Crippen LogP contribution in [0.25, 0.3) is 0 Å². The van der Waals surface area contributed by atoms with Crippen LogP contribution in [0.4, 0.5) is 0 Å². The average molecular weight is 1110 g/mol. The molecule has 0 saturated heterocycles. The molecule has 0 spiro atoms. The molecule has 0 amide bonds. The van der Waals surface area contributed by atoms with Gasteiger partial charge in [-0.05, 0) is 70.6 Å². The van der Waals surface area contributed by atoms with Crippen molar-refractivity contribution in [3.63, 3.8) is 0 Å². The van der Waals surface area contributed by atoms with E-state index in [1.54, 1.807) is 0 Å². The van der Waals surface area contributed by atoms with Crippen molar-refractivity contribution in [2.75, 3.05) is 13.2 Å². The van der Waals surface area contributed by atoms with Crippen LogP contribution in [0.1, 0.15) is 406 Å². The van der Waals surface area contributed by atoms with Gasteiger partial charge in [0.15, 0.2) is 6.10 Å². The molecule has 1 atom stereocenters. The molecule has 0 fully saturated rings. The van der Waals surface area contributed by atoms with Crippen molar-refractivity contribution in [1.82, 2.24) is 0 Å². The van der Waals surface area contributed by atoms with Crippen molar-refractivity contribution in [2.24, 2.45) is 0 Å². The summed E-state index contributed by atoms with van der Waals surface area (Å²) in [7, 11) is 0. The normalized spacial score (nSPS) is 12.1. The Balaban J connectivity index is 3.96. The number of carbonyl (C=O) groups excluding carboxylic acids is 3. The number of unbranched alkanes of at least 4 members (excludes halogenated alkanes) is 52. The van der Waals surface area contributed by atoms with Crippen molar-refractivity contribution in [1.29, 1.82) is 0 Å². The fraction of sp³-hybridized carbons (Fsp3) is 0.904. The predicted octanol–water partition coefficient (Wildman–Crippen LogP) is 24.6. The highest BCUT2D eigenvalue weighted by Gasteiger charge is 2.19. The third-order valence-corrected chi connectivity index (χ3v) is 16.4. The zero-order valence-electron chi connectivity index (χ0n) is 53.7. The molecule has 79 heavy (non-hydrogen) atoms. The highest BCUT2D eigenvalue weighted by Crippen LogP contribution is 2.19. The van der Waals surface area contributed by atoms with Gasteiger partial charge in [0.2, 0.25) is 0 Å². The van der Waals surface area contributed by atoms with Crippen LogP contribution in [0, 0.1) is 0 Å². The Kier molecular flexibility index (Phi) is 66.6. The second-order valence-corrected chi connectivity index (χ2v) is 24.5. The van der Waals surface area contributed by atoms with Crippen LogP contribution in [-0.2, 0) is 28.6 Å². The van der Waals surface area contributed by atoms with E-state index in [0.717, 1.165) is 57.8 Å². The van der Waals surface area contributed by atoms with Crippen molar-refractivity contribution in [3.8, 4) is 0 Å². The van der Waals surface area contributed by atoms with E-state index in [1.807, 2.05) is 0 Å². The summed E-state index contributed by atoms with van der Waals surface area (Å²) < 4.78 is 16.9. The van der Waals surface area contributed by atoms with Gasteiger partial charge in [0.05, 0.1) is 0 Å². The Hall–Kier alpha value is -2.11. The third kappa shape index (κ3) is 66.6. The van der Waals surface area contributed by atoms with Crippen LogP contribution >= 0.6 is 0 Å². The lowest BCUT2D eigenvalue weighted by molar-refractivity contribution is -0.167. The molecular weight excluding hydrogens is 973 g/mol. The second-order valence-electron chi connectivity index (χ2n) is 24.5. The highest BCUT2D eigenvalue weighted by atomic mass is 16.6. The molecule has 0 aromatic rings. The van der Waals surface area contributed by atoms with Crippen LogP contribution in [0.2, 0.25) is 0 Å². The molecule has 0 N–H and O–H groups in total. The van der Waals surface area contributed by atoms with Crippen molar-refractivity contribution < 1.29 is 28.6 Å². The maximum absolute atomic E-state index is 12.9. The summed E-state index contributed by atoms with van der Waals surface area (Å²) in [6, 6.07) is 0. The third-order valence-electron chi connectivity index (χ3n) is 16.4. The van der Waals surface area contributed by atoms with E-state index in [-0.39, 0.29) is 31.1 Å². The quantitative estimate of drug-likeness (QED) is 0.0261. The molecule has 0 heterocycles. The number of esters is 3. The Morgan fingerprint density at radius 1 is 0.241 bits per heavy atom. The van der Waals surface area contributed by atoms with Gasteiger partial charge in [0.25, 0.3) is 0 Å². The Morgan fingerprint density at radius 2 is 0.418 bits per heavy atom. The number of hydrogen-bond donors (Lipinski definition) is 0. The van der Waals surface area contributed by atoms with E-state index in [1.165, 1.54) is 308 Å². The van der Waals surface area contributed by atoms with E-state index >= 15 is 0 Å². The van der Waals surface area contributed by atoms with Crippen LogP contribution in [0.5, 0.6) is 0 Å². The van der Waals surface area contributed by atoms with E-state index in [4.69, 9.17) is 14.2 Å². The molecule has 1 unspecified atom stereocenters. The van der Waals surface area contributed by atoms with Gasteiger partial charge < -0.3 is 14.2 Å². The maximum atomic E-state index is 12.9. The maximum Gasteiger partial charge on any atom is 0.306 e. The SMILES string of the molecule is CCCCCCCCCC/C=C\CCCCCCCCCCCCCCCCCCCCCCCC(=O)OCC(COC(=O)CCCCCCCCC)OC(=O)CCCCCCCCCCC/C=C\CCCCCCCCCC. The van der Waals surface area contributed by atoms with Gasteiger partial charge >= 0.3 is 17.9 Å². The Morgan fingerprint density at radius 3 is 0.633 bits per heavy atom.